The Hall–Kier alpha value is -2.71. The van der Waals surface area contributed by atoms with Crippen molar-refractivity contribution in [1.29, 1.82) is 0 Å². The van der Waals surface area contributed by atoms with Crippen LogP contribution in [0.1, 0.15) is 25.7 Å². The molecule has 2 N–H and O–H groups in total. The van der Waals surface area contributed by atoms with Gasteiger partial charge in [-0.3, -0.25) is 4.68 Å². The first-order valence-electron chi connectivity index (χ1n) is 10.7. The summed E-state index contributed by atoms with van der Waals surface area (Å²) in [5, 5.41) is 27.0. The van der Waals surface area contributed by atoms with Crippen LogP contribution in [0, 0.1) is 5.92 Å². The lowest BCUT2D eigenvalue weighted by atomic mass is 9.92. The average molecular weight is 442 g/mol. The number of halogens is 1. The second-order valence-corrected chi connectivity index (χ2v) is 8.41. The van der Waals surface area contributed by atoms with Gasteiger partial charge in [0.15, 0.2) is 0 Å². The van der Waals surface area contributed by atoms with E-state index in [0.29, 0.717) is 23.1 Å². The van der Waals surface area contributed by atoms with Crippen molar-refractivity contribution in [2.75, 3.05) is 24.5 Å². The fraction of sp³-hybridized carbons (Fsp3) is 0.455. The molecule has 31 heavy (non-hydrogen) atoms. The van der Waals surface area contributed by atoms with Gasteiger partial charge in [0.2, 0.25) is 5.95 Å². The number of rotatable bonds is 6. The van der Waals surface area contributed by atoms with Gasteiger partial charge in [-0.1, -0.05) is 12.5 Å². The van der Waals surface area contributed by atoms with Gasteiger partial charge in [0.05, 0.1) is 12.4 Å². The summed E-state index contributed by atoms with van der Waals surface area (Å²) in [4.78, 5) is 6.73. The van der Waals surface area contributed by atoms with Gasteiger partial charge >= 0.3 is 0 Å². The smallest absolute Gasteiger partial charge is 0.245 e. The molecule has 3 aromatic rings. The summed E-state index contributed by atoms with van der Waals surface area (Å²) in [7, 11) is 1.87. The number of phenols is 1. The van der Waals surface area contributed by atoms with E-state index in [9.17, 15) is 5.11 Å². The Bertz CT molecular complexity index is 1020. The van der Waals surface area contributed by atoms with Crippen LogP contribution in [0.25, 0.3) is 22.4 Å². The van der Waals surface area contributed by atoms with Gasteiger partial charge in [-0.15, -0.1) is 22.6 Å². The molecule has 1 saturated carbocycles. The summed E-state index contributed by atoms with van der Waals surface area (Å²) in [6.45, 7) is 3.00. The van der Waals surface area contributed by atoms with Crippen molar-refractivity contribution in [2.24, 2.45) is 13.0 Å². The third-order valence-electron chi connectivity index (χ3n) is 6.23. The van der Waals surface area contributed by atoms with E-state index < -0.39 is 0 Å². The molecule has 2 aromatic heterocycles. The van der Waals surface area contributed by atoms with E-state index in [-0.39, 0.29) is 18.2 Å². The average Bonchev–Trinajstić information content (AvgIpc) is 3.36. The van der Waals surface area contributed by atoms with Crippen LogP contribution in [0.2, 0.25) is 0 Å². The third-order valence-corrected chi connectivity index (χ3v) is 6.23. The largest absolute Gasteiger partial charge is 0.507 e. The van der Waals surface area contributed by atoms with Crippen molar-refractivity contribution in [2.45, 2.75) is 31.7 Å². The number of anilines is 1. The van der Waals surface area contributed by atoms with E-state index in [1.807, 2.05) is 25.4 Å². The van der Waals surface area contributed by atoms with Crippen LogP contribution >= 0.6 is 12.4 Å². The van der Waals surface area contributed by atoms with E-state index in [4.69, 9.17) is 0 Å². The van der Waals surface area contributed by atoms with E-state index in [2.05, 4.69) is 30.5 Å². The molecular formula is C22H28ClN7O. The van der Waals surface area contributed by atoms with E-state index in [1.54, 1.807) is 23.1 Å². The topological polar surface area (TPSA) is 92.0 Å². The quantitative estimate of drug-likeness (QED) is 0.607. The zero-order valence-corrected chi connectivity index (χ0v) is 18.4. The molecule has 2 fully saturated rings. The zero-order valence-electron chi connectivity index (χ0n) is 17.6. The fourth-order valence-electron chi connectivity index (χ4n) is 4.16. The molecule has 9 heteroatoms. The van der Waals surface area contributed by atoms with E-state index >= 15 is 0 Å². The van der Waals surface area contributed by atoms with Crippen molar-refractivity contribution in [1.82, 2.24) is 30.3 Å². The lowest BCUT2D eigenvalue weighted by Gasteiger charge is -2.28. The molecule has 1 atom stereocenters. The number of aromatic hydroxyl groups is 1. The monoisotopic (exact) mass is 441 g/mol. The van der Waals surface area contributed by atoms with Gasteiger partial charge in [-0.05, 0) is 49.4 Å². The van der Waals surface area contributed by atoms with Gasteiger partial charge in [-0.2, -0.15) is 5.10 Å². The van der Waals surface area contributed by atoms with Crippen LogP contribution < -0.4 is 10.2 Å². The normalized spacial score (nSPS) is 18.6. The van der Waals surface area contributed by atoms with Crippen LogP contribution in [0.5, 0.6) is 5.75 Å². The molecule has 1 saturated heterocycles. The molecule has 1 aliphatic carbocycles. The Balaban J connectivity index is 0.00000231. The molecule has 1 unspecified atom stereocenters. The van der Waals surface area contributed by atoms with Gasteiger partial charge in [0, 0.05) is 43.5 Å². The summed E-state index contributed by atoms with van der Waals surface area (Å²) < 4.78 is 1.74. The molecule has 8 nitrogen and oxygen atoms in total. The number of nitrogens with one attached hydrogen (secondary N) is 1. The molecule has 1 aromatic carbocycles. The van der Waals surface area contributed by atoms with Gasteiger partial charge in [0.25, 0.3) is 0 Å². The van der Waals surface area contributed by atoms with E-state index in [1.165, 1.54) is 19.3 Å². The highest BCUT2D eigenvalue weighted by Gasteiger charge is 2.26. The lowest BCUT2D eigenvalue weighted by molar-refractivity contribution is 0.321. The molecule has 1 aliphatic heterocycles. The predicted octanol–water partition coefficient (Wildman–Crippen LogP) is 3.03. The van der Waals surface area contributed by atoms with Crippen LogP contribution in [0.4, 0.5) is 5.95 Å². The maximum absolute atomic E-state index is 10.5. The molecule has 164 valence electrons. The molecule has 2 aliphatic rings. The number of phenolic OH excluding ortho intramolecular Hbond substituents is 1. The van der Waals surface area contributed by atoms with Crippen molar-refractivity contribution in [3.63, 3.8) is 0 Å². The number of nitrogens with zero attached hydrogens (tertiary/aromatic N) is 6. The number of hydrogen-bond acceptors (Lipinski definition) is 7. The summed E-state index contributed by atoms with van der Waals surface area (Å²) in [6.07, 6.45) is 10.5. The first kappa shape index (κ1) is 21.5. The zero-order chi connectivity index (χ0) is 20.5. The summed E-state index contributed by atoms with van der Waals surface area (Å²) >= 11 is 0. The minimum absolute atomic E-state index is 0. The maximum atomic E-state index is 10.5. The summed E-state index contributed by atoms with van der Waals surface area (Å²) in [6, 6.07) is 6.25. The highest BCUT2D eigenvalue weighted by molar-refractivity contribution is 5.85. The SMILES string of the molecule is Cl.Cn1cc(-c2ccc(-c3cnc(N4CCC(CNC5CCC5)C4)nn3)c(O)c2)cn1. The molecule has 0 amide bonds. The van der Waals surface area contributed by atoms with Crippen LogP contribution in [0.15, 0.2) is 36.8 Å². The minimum Gasteiger partial charge on any atom is -0.507 e. The van der Waals surface area contributed by atoms with Crippen LogP contribution in [0.3, 0.4) is 0 Å². The molecular weight excluding hydrogens is 414 g/mol. The second kappa shape index (κ2) is 9.20. The van der Waals surface area contributed by atoms with Crippen LogP contribution in [-0.2, 0) is 7.05 Å². The molecule has 0 spiro atoms. The van der Waals surface area contributed by atoms with Crippen LogP contribution in [-0.4, -0.2) is 55.7 Å². The molecule has 0 radical (unpaired) electrons. The van der Waals surface area contributed by atoms with Gasteiger partial charge < -0.3 is 15.3 Å². The van der Waals surface area contributed by atoms with E-state index in [0.717, 1.165) is 43.2 Å². The Labute approximate surface area is 188 Å². The van der Waals surface area contributed by atoms with Crippen molar-refractivity contribution < 1.29 is 5.11 Å². The first-order chi connectivity index (χ1) is 14.7. The standard InChI is InChI=1S/C22H27N7O.ClH/c1-28-14-17(11-25-28)16-5-6-19(21(30)9-16)20-12-24-22(27-26-20)29-8-7-15(13-29)10-23-18-3-2-4-18;/h5-6,9,11-12,14-15,18,23,30H,2-4,7-8,10,13H2,1H3;1H. The molecule has 0 bridgehead atoms. The highest BCUT2D eigenvalue weighted by Crippen LogP contribution is 2.32. The summed E-state index contributed by atoms with van der Waals surface area (Å²) in [5.74, 6) is 1.46. The Morgan fingerprint density at radius 1 is 1.13 bits per heavy atom. The number of aromatic nitrogens is 5. The Morgan fingerprint density at radius 3 is 2.65 bits per heavy atom. The lowest BCUT2D eigenvalue weighted by Crippen LogP contribution is -2.38. The van der Waals surface area contributed by atoms with Crippen molar-refractivity contribution in [3.8, 4) is 28.1 Å². The number of aryl methyl sites for hydroxylation is 1. The number of benzene rings is 1. The maximum Gasteiger partial charge on any atom is 0.245 e. The van der Waals surface area contributed by atoms with Gasteiger partial charge in [-0.25, -0.2) is 4.98 Å². The predicted molar refractivity (Wildman–Crippen MR) is 122 cm³/mol. The molecule has 3 heterocycles. The van der Waals surface area contributed by atoms with Crippen molar-refractivity contribution >= 4 is 18.4 Å². The molecule has 5 rings (SSSR count). The number of hydrogen-bond donors (Lipinski definition) is 2. The first-order valence-corrected chi connectivity index (χ1v) is 10.7. The Morgan fingerprint density at radius 2 is 2.00 bits per heavy atom. The second-order valence-electron chi connectivity index (χ2n) is 8.41. The third kappa shape index (κ3) is 4.65. The Kier molecular flexibility index (Phi) is 6.38. The summed E-state index contributed by atoms with van der Waals surface area (Å²) in [5.41, 5.74) is 3.05. The van der Waals surface area contributed by atoms with Crippen molar-refractivity contribution in [3.05, 3.63) is 36.8 Å². The minimum atomic E-state index is 0. The van der Waals surface area contributed by atoms with Gasteiger partial charge in [0.1, 0.15) is 11.4 Å². The highest BCUT2D eigenvalue weighted by atomic mass is 35.5. The fourth-order valence-corrected chi connectivity index (χ4v) is 4.16.